The third kappa shape index (κ3) is 7.08. The van der Waals surface area contributed by atoms with E-state index in [2.05, 4.69) is 11.8 Å². The van der Waals surface area contributed by atoms with Gasteiger partial charge < -0.3 is 33.7 Å². The zero-order valence-corrected chi connectivity index (χ0v) is 25.1. The van der Waals surface area contributed by atoms with E-state index in [0.717, 1.165) is 38.9 Å². The lowest BCUT2D eigenvalue weighted by atomic mass is 9.94. The maximum absolute atomic E-state index is 13.6. The first-order chi connectivity index (χ1) is 21.0. The number of Topliss-reactive ketones (excluding diaryl/α,β-unsaturated/α-hetero) is 1. The molecule has 2 saturated heterocycles. The molecule has 0 aromatic heterocycles. The van der Waals surface area contributed by atoms with E-state index in [9.17, 15) is 14.7 Å². The van der Waals surface area contributed by atoms with Crippen molar-refractivity contribution in [1.82, 2.24) is 9.80 Å². The molecule has 0 unspecified atom stereocenters. The number of morpholine rings is 1. The van der Waals surface area contributed by atoms with Crippen LogP contribution in [0.1, 0.15) is 56.7 Å². The number of aliphatic hydroxyl groups is 1. The van der Waals surface area contributed by atoms with Crippen molar-refractivity contribution in [2.75, 3.05) is 65.8 Å². The Morgan fingerprint density at radius 1 is 0.884 bits per heavy atom. The van der Waals surface area contributed by atoms with E-state index in [1.54, 1.807) is 23.1 Å². The molecule has 2 aromatic rings. The lowest BCUT2D eigenvalue weighted by Crippen LogP contribution is -2.39. The summed E-state index contributed by atoms with van der Waals surface area (Å²) in [6, 6.07) is 9.71. The molecular weight excluding hydrogens is 552 g/mol. The molecule has 2 aromatic carbocycles. The summed E-state index contributed by atoms with van der Waals surface area (Å²) in [6.45, 7) is 10.0. The lowest BCUT2D eigenvalue weighted by Gasteiger charge is -2.29. The smallest absolute Gasteiger partial charge is 0.295 e. The van der Waals surface area contributed by atoms with Gasteiger partial charge in [-0.1, -0.05) is 25.8 Å². The van der Waals surface area contributed by atoms with Crippen LogP contribution < -0.4 is 18.9 Å². The van der Waals surface area contributed by atoms with Crippen molar-refractivity contribution in [3.05, 3.63) is 53.1 Å². The molecule has 43 heavy (non-hydrogen) atoms. The molecule has 3 heterocycles. The zero-order valence-electron chi connectivity index (χ0n) is 25.1. The highest BCUT2D eigenvalue weighted by molar-refractivity contribution is 6.46. The largest absolute Gasteiger partial charge is 0.507 e. The highest BCUT2D eigenvalue weighted by Crippen LogP contribution is 2.43. The van der Waals surface area contributed by atoms with Crippen molar-refractivity contribution in [2.24, 2.45) is 0 Å². The summed E-state index contributed by atoms with van der Waals surface area (Å²) in [5.41, 5.74) is 1.07. The van der Waals surface area contributed by atoms with Crippen molar-refractivity contribution in [1.29, 1.82) is 0 Å². The second-order valence-corrected chi connectivity index (χ2v) is 10.9. The monoisotopic (exact) mass is 594 g/mol. The van der Waals surface area contributed by atoms with Gasteiger partial charge in [0.2, 0.25) is 0 Å². The summed E-state index contributed by atoms with van der Waals surface area (Å²) < 4.78 is 28.8. The lowest BCUT2D eigenvalue weighted by molar-refractivity contribution is -0.140. The third-order valence-corrected chi connectivity index (χ3v) is 7.92. The van der Waals surface area contributed by atoms with E-state index in [0.29, 0.717) is 86.7 Å². The van der Waals surface area contributed by atoms with Gasteiger partial charge in [-0.05, 0) is 55.7 Å². The van der Waals surface area contributed by atoms with Crippen LogP contribution >= 0.6 is 0 Å². The third-order valence-electron chi connectivity index (χ3n) is 7.92. The Kier molecular flexibility index (Phi) is 10.4. The number of benzene rings is 2. The summed E-state index contributed by atoms with van der Waals surface area (Å²) in [7, 11) is 0. The number of ketones is 1. The van der Waals surface area contributed by atoms with Gasteiger partial charge in [0.25, 0.3) is 11.7 Å². The molecule has 0 radical (unpaired) electrons. The van der Waals surface area contributed by atoms with Crippen molar-refractivity contribution in [3.63, 3.8) is 0 Å². The highest BCUT2D eigenvalue weighted by atomic mass is 16.6. The summed E-state index contributed by atoms with van der Waals surface area (Å²) in [5.74, 6) is 0.584. The molecule has 10 nitrogen and oxygen atoms in total. The average molecular weight is 595 g/mol. The number of nitrogens with zero attached hydrogens (tertiary/aromatic N) is 2. The Balaban J connectivity index is 1.50. The van der Waals surface area contributed by atoms with E-state index in [-0.39, 0.29) is 11.3 Å². The van der Waals surface area contributed by atoms with Crippen LogP contribution in [0.4, 0.5) is 0 Å². The molecule has 2 fully saturated rings. The number of hydrogen-bond acceptors (Lipinski definition) is 9. The van der Waals surface area contributed by atoms with Crippen molar-refractivity contribution < 1.29 is 38.4 Å². The number of carbonyl (C=O) groups excluding carboxylic acids is 2. The van der Waals surface area contributed by atoms with Gasteiger partial charge in [0, 0.05) is 31.7 Å². The van der Waals surface area contributed by atoms with Gasteiger partial charge in [0.1, 0.15) is 19.0 Å². The summed E-state index contributed by atoms with van der Waals surface area (Å²) in [6.07, 6.45) is 3.77. The van der Waals surface area contributed by atoms with Crippen LogP contribution in [0.2, 0.25) is 0 Å². The molecule has 0 saturated carbocycles. The summed E-state index contributed by atoms with van der Waals surface area (Å²) in [4.78, 5) is 31.0. The Labute approximate surface area is 253 Å². The number of carbonyl (C=O) groups is 2. The molecule has 3 aliphatic heterocycles. The van der Waals surface area contributed by atoms with E-state index in [4.69, 9.17) is 23.7 Å². The van der Waals surface area contributed by atoms with Gasteiger partial charge in [-0.2, -0.15) is 0 Å². The van der Waals surface area contributed by atoms with Crippen molar-refractivity contribution >= 4 is 17.4 Å². The second kappa shape index (κ2) is 14.6. The molecule has 1 atom stereocenters. The topological polar surface area (TPSA) is 107 Å². The Morgan fingerprint density at radius 3 is 2.44 bits per heavy atom. The molecule has 1 N–H and O–H groups in total. The van der Waals surface area contributed by atoms with Crippen LogP contribution in [-0.4, -0.2) is 92.4 Å². The van der Waals surface area contributed by atoms with Crippen LogP contribution in [-0.2, 0) is 14.3 Å². The highest BCUT2D eigenvalue weighted by Gasteiger charge is 2.46. The van der Waals surface area contributed by atoms with Gasteiger partial charge in [0.05, 0.1) is 38.0 Å². The van der Waals surface area contributed by atoms with E-state index in [1.807, 2.05) is 25.1 Å². The number of unbranched alkanes of at least 4 members (excludes halogenated alkanes) is 2. The van der Waals surface area contributed by atoms with Crippen molar-refractivity contribution in [3.8, 4) is 23.0 Å². The average Bonchev–Trinajstić information content (AvgIpc) is 3.29. The molecular formula is C33H42N2O8. The number of aliphatic hydroxyl groups excluding tert-OH is 1. The van der Waals surface area contributed by atoms with Gasteiger partial charge in [-0.25, -0.2) is 0 Å². The molecule has 5 rings (SSSR count). The number of fused-ring (bicyclic) bond motifs is 1. The fourth-order valence-corrected chi connectivity index (χ4v) is 5.71. The van der Waals surface area contributed by atoms with E-state index >= 15 is 0 Å². The minimum absolute atomic E-state index is 0.0344. The summed E-state index contributed by atoms with van der Waals surface area (Å²) >= 11 is 0. The maximum Gasteiger partial charge on any atom is 0.295 e. The molecule has 0 aliphatic carbocycles. The second-order valence-electron chi connectivity index (χ2n) is 10.9. The first-order valence-corrected chi connectivity index (χ1v) is 15.4. The number of rotatable bonds is 13. The van der Waals surface area contributed by atoms with Gasteiger partial charge in [-0.15, -0.1) is 0 Å². The van der Waals surface area contributed by atoms with Crippen LogP contribution in [0.25, 0.3) is 5.76 Å². The minimum atomic E-state index is -0.800. The molecule has 3 aliphatic rings. The van der Waals surface area contributed by atoms with E-state index in [1.165, 1.54) is 0 Å². The number of hydrogen-bond donors (Lipinski definition) is 1. The summed E-state index contributed by atoms with van der Waals surface area (Å²) in [5, 5.41) is 11.6. The van der Waals surface area contributed by atoms with Gasteiger partial charge >= 0.3 is 0 Å². The molecule has 1 amide bonds. The predicted molar refractivity (Wildman–Crippen MR) is 161 cm³/mol. The number of likely N-dealkylation sites (tertiary alicyclic amines) is 1. The maximum atomic E-state index is 13.6. The quantitative estimate of drug-likeness (QED) is 0.154. The SMILES string of the molecule is CCCCCOc1ccc([C@@H]2C(=C(O)c3ccc4c(c3)OCCO4)C(=O)C(=O)N2CCCN2CCOCC2)cc1OCC. The fourth-order valence-electron chi connectivity index (χ4n) is 5.71. The zero-order chi connectivity index (χ0) is 30.2. The minimum Gasteiger partial charge on any atom is -0.507 e. The van der Waals surface area contributed by atoms with Crippen LogP contribution in [0.15, 0.2) is 42.0 Å². The Bertz CT molecular complexity index is 1320. The molecule has 0 bridgehead atoms. The number of amides is 1. The molecule has 232 valence electrons. The Morgan fingerprint density at radius 2 is 1.67 bits per heavy atom. The van der Waals surface area contributed by atoms with Crippen LogP contribution in [0.5, 0.6) is 23.0 Å². The Hall–Kier alpha value is -3.76. The first-order valence-electron chi connectivity index (χ1n) is 15.4. The predicted octanol–water partition coefficient (Wildman–Crippen LogP) is 4.57. The van der Waals surface area contributed by atoms with Gasteiger partial charge in [-0.3, -0.25) is 14.5 Å². The fraction of sp³-hybridized carbons (Fsp3) is 0.515. The van der Waals surface area contributed by atoms with Crippen molar-refractivity contribution in [2.45, 2.75) is 45.6 Å². The van der Waals surface area contributed by atoms with E-state index < -0.39 is 17.7 Å². The number of ether oxygens (including phenoxy) is 5. The van der Waals surface area contributed by atoms with Gasteiger partial charge in [0.15, 0.2) is 23.0 Å². The first kappa shape index (κ1) is 30.7. The van der Waals surface area contributed by atoms with Crippen LogP contribution in [0, 0.1) is 0 Å². The molecule has 10 heteroatoms. The normalized spacial score (nSPS) is 20.0. The molecule has 0 spiro atoms. The standard InChI is InChI=1S/C33H42N2O8/c1-3-5-6-16-41-25-10-8-23(21-27(25)40-4-2)30-29(31(36)24-9-11-26-28(22-24)43-20-19-42-26)32(37)33(38)35(30)13-7-12-34-14-17-39-18-15-34/h8-11,21-22,30,36H,3-7,12-20H2,1-2H3/t30-/m1/s1. The van der Waals surface area contributed by atoms with Crippen LogP contribution in [0.3, 0.4) is 0 Å².